The molecule has 0 bridgehead atoms. The molecule has 3 heteroatoms. The van der Waals surface area contributed by atoms with Crippen LogP contribution < -0.4 is 0 Å². The Hall–Kier alpha value is -1.64. The van der Waals surface area contributed by atoms with Crippen LogP contribution in [-0.2, 0) is 17.6 Å². The molecule has 25 heavy (non-hydrogen) atoms. The number of allylic oxidation sites excluding steroid dienone is 1. The molecule has 0 aliphatic heterocycles. The summed E-state index contributed by atoms with van der Waals surface area (Å²) in [5.74, 6) is 1.42. The third-order valence-electron chi connectivity index (χ3n) is 7.26. The molecule has 3 aliphatic carbocycles. The van der Waals surface area contributed by atoms with Crippen LogP contribution in [0.2, 0.25) is 0 Å². The first kappa shape index (κ1) is 16.8. The van der Waals surface area contributed by atoms with Crippen LogP contribution in [0.1, 0.15) is 61.6 Å². The van der Waals surface area contributed by atoms with Gasteiger partial charge in [-0.25, -0.2) is 4.39 Å². The summed E-state index contributed by atoms with van der Waals surface area (Å²) in [6.45, 7) is 5.80. The number of phenols is 1. The van der Waals surface area contributed by atoms with Crippen molar-refractivity contribution in [2.75, 3.05) is 0 Å². The van der Waals surface area contributed by atoms with Crippen molar-refractivity contribution in [2.24, 2.45) is 17.3 Å². The number of halogens is 1. The van der Waals surface area contributed by atoms with Gasteiger partial charge in [0.25, 0.3) is 0 Å². The second-order valence-corrected chi connectivity index (χ2v) is 8.45. The number of fused-ring (bicyclic) bond motifs is 5. The van der Waals surface area contributed by atoms with Gasteiger partial charge in [0.15, 0.2) is 12.0 Å². The number of carbonyl (C=O) groups excluding carboxylic acids is 1. The molecule has 1 aromatic carbocycles. The minimum atomic E-state index is -1.26. The van der Waals surface area contributed by atoms with Crippen molar-refractivity contribution in [3.63, 3.8) is 0 Å². The molecule has 1 aromatic rings. The number of aromatic hydroxyl groups is 1. The van der Waals surface area contributed by atoms with Gasteiger partial charge in [-0.1, -0.05) is 19.1 Å². The molecule has 0 aromatic heterocycles. The first-order chi connectivity index (χ1) is 12.0. The Kier molecular flexibility index (Phi) is 4.01. The van der Waals surface area contributed by atoms with E-state index in [2.05, 4.69) is 12.6 Å². The monoisotopic (exact) mass is 342 g/mol. The van der Waals surface area contributed by atoms with Gasteiger partial charge < -0.3 is 5.11 Å². The molecule has 0 spiro atoms. The minimum absolute atomic E-state index is 0.147. The average molecular weight is 342 g/mol. The SMILES string of the molecule is C=CCc1cc2c(cc1O)CC[C@@H]1[C@@H]2CC[C@]2(C)C(=O)[C@H](F)CC[C@@H]12. The van der Waals surface area contributed by atoms with Gasteiger partial charge in [-0.3, -0.25) is 4.79 Å². The molecular formula is C22H27FO2. The van der Waals surface area contributed by atoms with Crippen molar-refractivity contribution >= 4 is 5.78 Å². The number of hydrogen-bond donors (Lipinski definition) is 1. The van der Waals surface area contributed by atoms with E-state index >= 15 is 0 Å². The van der Waals surface area contributed by atoms with Gasteiger partial charge in [0.05, 0.1) is 0 Å². The number of carbonyl (C=O) groups is 1. The van der Waals surface area contributed by atoms with Crippen LogP contribution >= 0.6 is 0 Å². The summed E-state index contributed by atoms with van der Waals surface area (Å²) in [6.07, 6.45) is 6.17. The molecule has 0 amide bonds. The predicted molar refractivity (Wildman–Crippen MR) is 96.5 cm³/mol. The predicted octanol–water partition coefficient (Wildman–Crippen LogP) is 4.88. The zero-order valence-corrected chi connectivity index (χ0v) is 14.9. The summed E-state index contributed by atoms with van der Waals surface area (Å²) in [7, 11) is 0. The standard InChI is InChI=1S/C22H27FO2/c1-3-4-14-11-17-13(12-20(14)24)5-6-16-15(17)9-10-22(2)18(16)7-8-19(23)21(22)25/h3,11-12,15-16,18-19,24H,1,4-10H2,2H3/t15-,16+,18-,19+,22-/m0/s1. The fourth-order valence-electron chi connectivity index (χ4n) is 5.95. The lowest BCUT2D eigenvalue weighted by Gasteiger charge is -2.53. The molecule has 2 saturated carbocycles. The summed E-state index contributed by atoms with van der Waals surface area (Å²) in [5.41, 5.74) is 3.06. The number of benzene rings is 1. The van der Waals surface area contributed by atoms with Crippen molar-refractivity contribution in [3.05, 3.63) is 41.5 Å². The third kappa shape index (κ3) is 2.46. The lowest BCUT2D eigenvalue weighted by atomic mass is 9.50. The van der Waals surface area contributed by atoms with E-state index in [0.29, 0.717) is 36.3 Å². The summed E-state index contributed by atoms with van der Waals surface area (Å²) < 4.78 is 14.1. The van der Waals surface area contributed by atoms with E-state index in [1.807, 2.05) is 19.1 Å². The van der Waals surface area contributed by atoms with Crippen LogP contribution in [0.15, 0.2) is 24.8 Å². The van der Waals surface area contributed by atoms with E-state index in [0.717, 1.165) is 37.7 Å². The quantitative estimate of drug-likeness (QED) is 0.778. The van der Waals surface area contributed by atoms with Crippen molar-refractivity contribution in [1.82, 2.24) is 0 Å². The molecule has 0 saturated heterocycles. The van der Waals surface area contributed by atoms with E-state index < -0.39 is 11.6 Å². The van der Waals surface area contributed by atoms with E-state index in [9.17, 15) is 14.3 Å². The van der Waals surface area contributed by atoms with Crippen molar-refractivity contribution in [2.45, 2.75) is 64.0 Å². The largest absolute Gasteiger partial charge is 0.508 e. The van der Waals surface area contributed by atoms with Crippen LogP contribution in [0, 0.1) is 17.3 Å². The van der Waals surface area contributed by atoms with Crippen LogP contribution in [0.5, 0.6) is 5.75 Å². The van der Waals surface area contributed by atoms with Crippen molar-refractivity contribution < 1.29 is 14.3 Å². The Bertz CT molecular complexity index is 725. The number of Topliss-reactive ketones (excluding diaryl/α,β-unsaturated/α-hetero) is 1. The van der Waals surface area contributed by atoms with Gasteiger partial charge in [0.2, 0.25) is 0 Å². The fourth-order valence-corrected chi connectivity index (χ4v) is 5.95. The Balaban J connectivity index is 1.71. The highest BCUT2D eigenvalue weighted by Crippen LogP contribution is 2.59. The maximum Gasteiger partial charge on any atom is 0.173 e. The molecule has 0 heterocycles. The number of ketones is 1. The van der Waals surface area contributed by atoms with Gasteiger partial charge in [0, 0.05) is 5.41 Å². The summed E-state index contributed by atoms with van der Waals surface area (Å²) in [6, 6.07) is 4.09. The number of aryl methyl sites for hydroxylation is 1. The van der Waals surface area contributed by atoms with E-state index in [1.165, 1.54) is 11.1 Å². The smallest absolute Gasteiger partial charge is 0.173 e. The topological polar surface area (TPSA) is 37.3 Å². The molecule has 2 nitrogen and oxygen atoms in total. The molecule has 0 radical (unpaired) electrons. The second kappa shape index (κ2) is 5.96. The zero-order valence-electron chi connectivity index (χ0n) is 14.9. The molecule has 2 fully saturated rings. The van der Waals surface area contributed by atoms with Crippen molar-refractivity contribution in [3.8, 4) is 5.75 Å². The first-order valence-electron chi connectivity index (χ1n) is 9.59. The van der Waals surface area contributed by atoms with Gasteiger partial charge in [-0.2, -0.15) is 0 Å². The van der Waals surface area contributed by atoms with E-state index in [1.54, 1.807) is 0 Å². The Morgan fingerprint density at radius 3 is 2.88 bits per heavy atom. The van der Waals surface area contributed by atoms with Gasteiger partial charge in [-0.15, -0.1) is 6.58 Å². The molecule has 5 atom stereocenters. The fraction of sp³-hybridized carbons (Fsp3) is 0.591. The summed E-state index contributed by atoms with van der Waals surface area (Å²) in [4.78, 5) is 12.6. The maximum atomic E-state index is 14.1. The maximum absolute atomic E-state index is 14.1. The van der Waals surface area contributed by atoms with Crippen LogP contribution in [0.3, 0.4) is 0 Å². The van der Waals surface area contributed by atoms with Crippen LogP contribution in [0.4, 0.5) is 4.39 Å². The van der Waals surface area contributed by atoms with E-state index in [-0.39, 0.29) is 5.78 Å². The third-order valence-corrected chi connectivity index (χ3v) is 7.26. The average Bonchev–Trinajstić information content (AvgIpc) is 2.59. The second-order valence-electron chi connectivity index (χ2n) is 8.45. The van der Waals surface area contributed by atoms with Crippen LogP contribution in [0.25, 0.3) is 0 Å². The highest BCUT2D eigenvalue weighted by Gasteiger charge is 2.55. The van der Waals surface area contributed by atoms with Crippen molar-refractivity contribution in [1.29, 1.82) is 0 Å². The Morgan fingerprint density at radius 1 is 1.32 bits per heavy atom. The molecule has 134 valence electrons. The summed E-state index contributed by atoms with van der Waals surface area (Å²) >= 11 is 0. The number of hydrogen-bond acceptors (Lipinski definition) is 2. The van der Waals surface area contributed by atoms with Gasteiger partial charge in [0.1, 0.15) is 5.75 Å². The minimum Gasteiger partial charge on any atom is -0.508 e. The molecule has 3 aliphatic rings. The van der Waals surface area contributed by atoms with Gasteiger partial charge in [-0.05, 0) is 85.5 Å². The normalized spacial score (nSPS) is 37.0. The highest BCUT2D eigenvalue weighted by molar-refractivity contribution is 5.89. The summed E-state index contributed by atoms with van der Waals surface area (Å²) in [5, 5.41) is 10.3. The number of alkyl halides is 1. The Labute approximate surface area is 149 Å². The first-order valence-corrected chi connectivity index (χ1v) is 9.59. The number of phenolic OH excluding ortho intramolecular Hbond substituents is 1. The Morgan fingerprint density at radius 2 is 2.12 bits per heavy atom. The molecule has 1 N–H and O–H groups in total. The lowest BCUT2D eigenvalue weighted by Crippen LogP contribution is -2.52. The highest BCUT2D eigenvalue weighted by atomic mass is 19.1. The van der Waals surface area contributed by atoms with E-state index in [4.69, 9.17) is 0 Å². The molecule has 0 unspecified atom stereocenters. The number of rotatable bonds is 2. The zero-order chi connectivity index (χ0) is 17.8. The van der Waals surface area contributed by atoms with Crippen LogP contribution in [-0.4, -0.2) is 17.1 Å². The van der Waals surface area contributed by atoms with Gasteiger partial charge >= 0.3 is 0 Å². The molecular weight excluding hydrogens is 315 g/mol. The lowest BCUT2D eigenvalue weighted by molar-refractivity contribution is -0.147. The molecule has 4 rings (SSSR count).